The first-order valence-electron chi connectivity index (χ1n) is 9.34. The molecule has 2 N–H and O–H groups in total. The first-order valence-corrected chi connectivity index (χ1v) is 10.4. The van der Waals surface area contributed by atoms with Crippen LogP contribution in [0.3, 0.4) is 0 Å². The normalized spacial score (nSPS) is 21.9. The molecule has 0 aliphatic carbocycles. The molecule has 1 aliphatic rings. The molecule has 2 atom stereocenters. The fourth-order valence-corrected chi connectivity index (χ4v) is 4.29. The Morgan fingerprint density at radius 3 is 2.09 bits per heavy atom. The van der Waals surface area contributed by atoms with E-state index < -0.39 is 5.97 Å². The van der Waals surface area contributed by atoms with Crippen molar-refractivity contribution in [3.8, 4) is 0 Å². The number of hydrogen-bond acceptors (Lipinski definition) is 3. The van der Waals surface area contributed by atoms with Gasteiger partial charge >= 0.3 is 5.97 Å². The van der Waals surface area contributed by atoms with Crippen LogP contribution in [0, 0.1) is 0 Å². The van der Waals surface area contributed by atoms with Crippen LogP contribution in [0.5, 0.6) is 0 Å². The van der Waals surface area contributed by atoms with Crippen LogP contribution in [-0.4, -0.2) is 28.2 Å². The Hall–Kier alpha value is -0.220. The molecule has 0 saturated carbocycles. The Labute approximate surface area is 141 Å². The summed E-state index contributed by atoms with van der Waals surface area (Å²) in [7, 11) is 0. The summed E-state index contributed by atoms with van der Waals surface area (Å²) in [5, 5.41) is 12.7. The number of aliphatic carboxylic acids is 1. The Morgan fingerprint density at radius 2 is 1.55 bits per heavy atom. The monoisotopic (exact) mass is 329 g/mol. The van der Waals surface area contributed by atoms with E-state index in [-0.39, 0.29) is 6.04 Å². The zero-order valence-electron chi connectivity index (χ0n) is 14.3. The van der Waals surface area contributed by atoms with E-state index in [9.17, 15) is 4.79 Å². The average molecular weight is 330 g/mol. The zero-order valence-corrected chi connectivity index (χ0v) is 15.1. The summed E-state index contributed by atoms with van der Waals surface area (Å²) in [6, 6.07) is -0.320. The molecule has 0 aromatic heterocycles. The van der Waals surface area contributed by atoms with Crippen LogP contribution < -0.4 is 5.32 Å². The van der Waals surface area contributed by atoms with Crippen molar-refractivity contribution in [1.29, 1.82) is 0 Å². The maximum absolute atomic E-state index is 11.0. The van der Waals surface area contributed by atoms with Gasteiger partial charge in [0, 0.05) is 0 Å². The summed E-state index contributed by atoms with van der Waals surface area (Å²) in [5.74, 6) is 0.288. The molecule has 0 spiro atoms. The summed E-state index contributed by atoms with van der Waals surface area (Å²) in [6.07, 6.45) is 16.9. The number of carbonyl (C=O) groups is 1. The van der Waals surface area contributed by atoms with Gasteiger partial charge in [-0.15, -0.1) is 11.8 Å². The highest BCUT2D eigenvalue weighted by atomic mass is 32.2. The van der Waals surface area contributed by atoms with Gasteiger partial charge in [-0.05, 0) is 18.6 Å². The highest BCUT2D eigenvalue weighted by Crippen LogP contribution is 2.23. The number of hydrogen-bond donors (Lipinski definition) is 2. The smallest absolute Gasteiger partial charge is 0.320 e. The molecule has 1 heterocycles. The molecule has 0 aromatic carbocycles. The number of nitrogens with one attached hydrogen (secondary N) is 1. The van der Waals surface area contributed by atoms with Gasteiger partial charge in [-0.1, -0.05) is 77.6 Å². The van der Waals surface area contributed by atoms with Gasteiger partial charge in [-0.2, -0.15) is 0 Å². The first-order chi connectivity index (χ1) is 10.7. The molecule has 1 fully saturated rings. The van der Waals surface area contributed by atoms with Crippen molar-refractivity contribution in [3.63, 3.8) is 0 Å². The summed E-state index contributed by atoms with van der Waals surface area (Å²) < 4.78 is 0. The minimum absolute atomic E-state index is 0.320. The predicted octanol–water partition coefficient (Wildman–Crippen LogP) is 5.19. The Balaban J connectivity index is 1.86. The molecule has 130 valence electrons. The maximum atomic E-state index is 11.0. The molecule has 0 aromatic rings. The maximum Gasteiger partial charge on any atom is 0.320 e. The van der Waals surface area contributed by atoms with E-state index in [4.69, 9.17) is 5.11 Å². The van der Waals surface area contributed by atoms with Gasteiger partial charge in [-0.3, -0.25) is 10.1 Å². The molecular weight excluding hydrogens is 294 g/mol. The van der Waals surface area contributed by atoms with Gasteiger partial charge in [0.2, 0.25) is 0 Å². The molecule has 1 aliphatic heterocycles. The second kappa shape index (κ2) is 13.2. The average Bonchev–Trinajstić information content (AvgIpc) is 2.53. The lowest BCUT2D eigenvalue weighted by Gasteiger charge is -2.28. The van der Waals surface area contributed by atoms with Crippen molar-refractivity contribution >= 4 is 17.7 Å². The van der Waals surface area contributed by atoms with Crippen LogP contribution in [-0.2, 0) is 4.79 Å². The van der Waals surface area contributed by atoms with Crippen LogP contribution in [0.2, 0.25) is 0 Å². The van der Waals surface area contributed by atoms with Gasteiger partial charge < -0.3 is 5.11 Å². The van der Waals surface area contributed by atoms with Crippen molar-refractivity contribution in [1.82, 2.24) is 5.32 Å². The standard InChI is InChI=1S/C18H35NO2S/c1-2-3-4-5-6-7-8-9-10-11-12-13-17-19-16(18(20)21)14-15-22-17/h16-17,19H,2-15H2,1H3,(H,20,21). The topological polar surface area (TPSA) is 49.3 Å². The number of unbranched alkanes of at least 4 members (excludes halogenated alkanes) is 10. The van der Waals surface area contributed by atoms with Gasteiger partial charge in [0.1, 0.15) is 6.04 Å². The summed E-state index contributed by atoms with van der Waals surface area (Å²) in [5.41, 5.74) is 0. The number of rotatable bonds is 13. The molecule has 3 nitrogen and oxygen atoms in total. The van der Waals surface area contributed by atoms with E-state index in [1.54, 1.807) is 0 Å². The summed E-state index contributed by atoms with van der Waals surface area (Å²) in [4.78, 5) is 11.0. The minimum atomic E-state index is -0.691. The van der Waals surface area contributed by atoms with Crippen LogP contribution in [0.25, 0.3) is 0 Å². The van der Waals surface area contributed by atoms with Crippen LogP contribution in [0.15, 0.2) is 0 Å². The quantitative estimate of drug-likeness (QED) is 0.456. The fraction of sp³-hybridized carbons (Fsp3) is 0.944. The second-order valence-corrected chi connectivity index (χ2v) is 7.84. The molecule has 4 heteroatoms. The highest BCUT2D eigenvalue weighted by molar-refractivity contribution is 7.99. The molecule has 22 heavy (non-hydrogen) atoms. The molecule has 0 amide bonds. The number of carboxylic acids is 1. The SMILES string of the molecule is CCCCCCCCCCCCCC1NC(C(=O)O)CCS1. The third kappa shape index (κ3) is 9.73. The molecule has 0 radical (unpaired) electrons. The first kappa shape index (κ1) is 19.8. The van der Waals surface area contributed by atoms with Gasteiger partial charge in [0.05, 0.1) is 5.37 Å². The van der Waals surface area contributed by atoms with Crippen molar-refractivity contribution in [2.45, 2.75) is 102 Å². The molecule has 1 saturated heterocycles. The van der Waals surface area contributed by atoms with Crippen molar-refractivity contribution < 1.29 is 9.90 Å². The van der Waals surface area contributed by atoms with E-state index in [1.807, 2.05) is 11.8 Å². The lowest BCUT2D eigenvalue weighted by molar-refractivity contribution is -0.139. The van der Waals surface area contributed by atoms with Crippen LogP contribution in [0.1, 0.15) is 90.4 Å². The highest BCUT2D eigenvalue weighted by Gasteiger charge is 2.25. The van der Waals surface area contributed by atoms with Crippen LogP contribution >= 0.6 is 11.8 Å². The number of thioether (sulfide) groups is 1. The fourth-order valence-electron chi connectivity index (χ4n) is 3.04. The van der Waals surface area contributed by atoms with E-state index in [2.05, 4.69) is 12.2 Å². The molecule has 1 rings (SSSR count). The Morgan fingerprint density at radius 1 is 1.00 bits per heavy atom. The Kier molecular flexibility index (Phi) is 11.9. The third-order valence-electron chi connectivity index (χ3n) is 4.48. The molecule has 2 unspecified atom stereocenters. The van der Waals surface area contributed by atoms with Crippen LogP contribution in [0.4, 0.5) is 0 Å². The zero-order chi connectivity index (χ0) is 16.0. The second-order valence-electron chi connectivity index (χ2n) is 6.53. The van der Waals surface area contributed by atoms with Crippen molar-refractivity contribution in [2.75, 3.05) is 5.75 Å². The number of carboxylic acid groups (broad SMARTS) is 1. The Bertz CT molecular complexity index is 286. The van der Waals surface area contributed by atoms with E-state index >= 15 is 0 Å². The van der Waals surface area contributed by atoms with Crippen molar-refractivity contribution in [3.05, 3.63) is 0 Å². The summed E-state index contributed by atoms with van der Waals surface area (Å²) in [6.45, 7) is 2.27. The molecule has 0 bridgehead atoms. The van der Waals surface area contributed by atoms with Crippen molar-refractivity contribution in [2.24, 2.45) is 0 Å². The van der Waals surface area contributed by atoms with E-state index in [0.29, 0.717) is 5.37 Å². The third-order valence-corrected chi connectivity index (χ3v) is 5.73. The molecular formula is C18H35NO2S. The van der Waals surface area contributed by atoms with E-state index in [1.165, 1.54) is 70.6 Å². The van der Waals surface area contributed by atoms with E-state index in [0.717, 1.165) is 18.6 Å². The lowest BCUT2D eigenvalue weighted by atomic mass is 10.1. The van der Waals surface area contributed by atoms with Gasteiger partial charge in [0.15, 0.2) is 0 Å². The largest absolute Gasteiger partial charge is 0.480 e. The summed E-state index contributed by atoms with van der Waals surface area (Å²) >= 11 is 1.89. The predicted molar refractivity (Wildman–Crippen MR) is 96.5 cm³/mol. The minimum Gasteiger partial charge on any atom is -0.480 e. The van der Waals surface area contributed by atoms with Gasteiger partial charge in [0.25, 0.3) is 0 Å². The lowest BCUT2D eigenvalue weighted by Crippen LogP contribution is -2.45. The van der Waals surface area contributed by atoms with Gasteiger partial charge in [-0.25, -0.2) is 0 Å².